The average molecular weight is 285 g/mol. The summed E-state index contributed by atoms with van der Waals surface area (Å²) in [5.74, 6) is 1.59. The SMILES string of the molecule is CCOc1ccc(NCCc2ccccc2)cc1OCC. The molecular weight excluding hydrogens is 262 g/mol. The largest absolute Gasteiger partial charge is 0.490 e. The molecule has 0 amide bonds. The predicted octanol–water partition coefficient (Wildman–Crippen LogP) is 4.14. The third-order valence-electron chi connectivity index (χ3n) is 3.13. The Kier molecular flexibility index (Phi) is 5.95. The lowest BCUT2D eigenvalue weighted by Gasteiger charge is -2.13. The first-order valence-corrected chi connectivity index (χ1v) is 7.51. The topological polar surface area (TPSA) is 30.5 Å². The number of nitrogens with one attached hydrogen (secondary N) is 1. The molecule has 21 heavy (non-hydrogen) atoms. The van der Waals surface area contributed by atoms with E-state index in [1.165, 1.54) is 5.56 Å². The fourth-order valence-corrected chi connectivity index (χ4v) is 2.16. The third kappa shape index (κ3) is 4.71. The van der Waals surface area contributed by atoms with Crippen molar-refractivity contribution in [2.24, 2.45) is 0 Å². The van der Waals surface area contributed by atoms with Gasteiger partial charge in [-0.2, -0.15) is 0 Å². The Morgan fingerprint density at radius 1 is 0.857 bits per heavy atom. The van der Waals surface area contributed by atoms with Crippen molar-refractivity contribution in [1.82, 2.24) is 0 Å². The van der Waals surface area contributed by atoms with E-state index in [-0.39, 0.29) is 0 Å². The summed E-state index contributed by atoms with van der Waals surface area (Å²) in [6.07, 6.45) is 0.998. The first-order valence-electron chi connectivity index (χ1n) is 7.51. The number of hydrogen-bond acceptors (Lipinski definition) is 3. The summed E-state index contributed by atoms with van der Waals surface area (Å²) in [5.41, 5.74) is 2.39. The van der Waals surface area contributed by atoms with Gasteiger partial charge in [0.15, 0.2) is 11.5 Å². The van der Waals surface area contributed by atoms with Gasteiger partial charge in [0.25, 0.3) is 0 Å². The van der Waals surface area contributed by atoms with Crippen LogP contribution in [0, 0.1) is 0 Å². The van der Waals surface area contributed by atoms with Crippen molar-refractivity contribution in [1.29, 1.82) is 0 Å². The van der Waals surface area contributed by atoms with Gasteiger partial charge in [-0.1, -0.05) is 30.3 Å². The molecule has 112 valence electrons. The summed E-state index contributed by atoms with van der Waals surface area (Å²) in [6, 6.07) is 16.4. The zero-order valence-corrected chi connectivity index (χ0v) is 12.8. The minimum absolute atomic E-state index is 0.632. The molecule has 3 heteroatoms. The molecule has 0 unspecified atom stereocenters. The van der Waals surface area contributed by atoms with Crippen LogP contribution < -0.4 is 14.8 Å². The fourth-order valence-electron chi connectivity index (χ4n) is 2.16. The molecular formula is C18H23NO2. The van der Waals surface area contributed by atoms with E-state index < -0.39 is 0 Å². The Balaban J connectivity index is 1.95. The highest BCUT2D eigenvalue weighted by atomic mass is 16.5. The quantitative estimate of drug-likeness (QED) is 0.790. The molecule has 0 atom stereocenters. The van der Waals surface area contributed by atoms with Crippen molar-refractivity contribution in [2.45, 2.75) is 20.3 Å². The van der Waals surface area contributed by atoms with Crippen LogP contribution in [0.25, 0.3) is 0 Å². The van der Waals surface area contributed by atoms with E-state index in [1.54, 1.807) is 0 Å². The van der Waals surface area contributed by atoms with Crippen molar-refractivity contribution < 1.29 is 9.47 Å². The Hall–Kier alpha value is -2.16. The standard InChI is InChI=1S/C18H23NO2/c1-3-20-17-11-10-16(14-18(17)21-4-2)19-13-12-15-8-6-5-7-9-15/h5-11,14,19H,3-4,12-13H2,1-2H3. The summed E-state index contributed by atoms with van der Waals surface area (Å²) < 4.78 is 11.2. The van der Waals surface area contributed by atoms with Crippen molar-refractivity contribution >= 4 is 5.69 Å². The zero-order valence-electron chi connectivity index (χ0n) is 12.8. The van der Waals surface area contributed by atoms with Crippen LogP contribution in [0.3, 0.4) is 0 Å². The highest BCUT2D eigenvalue weighted by molar-refractivity contribution is 5.54. The molecule has 0 aliphatic heterocycles. The average Bonchev–Trinajstić information content (AvgIpc) is 2.51. The molecule has 2 aromatic rings. The van der Waals surface area contributed by atoms with E-state index >= 15 is 0 Å². The molecule has 0 fully saturated rings. The number of benzene rings is 2. The minimum atomic E-state index is 0.632. The second kappa shape index (κ2) is 8.20. The maximum atomic E-state index is 5.63. The Labute approximate surface area is 126 Å². The lowest BCUT2D eigenvalue weighted by atomic mass is 10.1. The molecule has 0 saturated carbocycles. The maximum Gasteiger partial charge on any atom is 0.163 e. The summed E-state index contributed by atoms with van der Waals surface area (Å²) >= 11 is 0. The van der Waals surface area contributed by atoms with Crippen molar-refractivity contribution in [2.75, 3.05) is 25.1 Å². The van der Waals surface area contributed by atoms with Gasteiger partial charge in [-0.3, -0.25) is 0 Å². The molecule has 3 nitrogen and oxygen atoms in total. The van der Waals surface area contributed by atoms with Crippen LogP contribution in [0.15, 0.2) is 48.5 Å². The van der Waals surface area contributed by atoms with Crippen LogP contribution in [-0.2, 0) is 6.42 Å². The van der Waals surface area contributed by atoms with E-state index in [0.717, 1.165) is 30.2 Å². The molecule has 0 spiro atoms. The Morgan fingerprint density at radius 3 is 2.29 bits per heavy atom. The van der Waals surface area contributed by atoms with Gasteiger partial charge in [-0.25, -0.2) is 0 Å². The molecule has 1 N–H and O–H groups in total. The second-order valence-electron chi connectivity index (χ2n) is 4.69. The molecule has 0 bridgehead atoms. The number of anilines is 1. The summed E-state index contributed by atoms with van der Waals surface area (Å²) in [6.45, 7) is 6.12. The number of rotatable bonds is 8. The van der Waals surface area contributed by atoms with Gasteiger partial charge >= 0.3 is 0 Å². The fraction of sp³-hybridized carbons (Fsp3) is 0.333. The molecule has 0 saturated heterocycles. The lowest BCUT2D eigenvalue weighted by molar-refractivity contribution is 0.288. The Bertz CT molecular complexity index is 540. The van der Waals surface area contributed by atoms with E-state index in [0.29, 0.717) is 13.2 Å². The highest BCUT2D eigenvalue weighted by Gasteiger charge is 2.05. The van der Waals surface area contributed by atoms with Gasteiger partial charge in [0.1, 0.15) is 0 Å². The van der Waals surface area contributed by atoms with Crippen LogP contribution in [0.5, 0.6) is 11.5 Å². The highest BCUT2D eigenvalue weighted by Crippen LogP contribution is 2.30. The van der Waals surface area contributed by atoms with E-state index in [1.807, 2.05) is 38.1 Å². The van der Waals surface area contributed by atoms with Crippen LogP contribution in [-0.4, -0.2) is 19.8 Å². The van der Waals surface area contributed by atoms with E-state index in [9.17, 15) is 0 Å². The summed E-state index contributed by atoms with van der Waals surface area (Å²) in [5, 5.41) is 3.43. The van der Waals surface area contributed by atoms with Gasteiger partial charge in [0.05, 0.1) is 13.2 Å². The van der Waals surface area contributed by atoms with Crippen LogP contribution in [0.1, 0.15) is 19.4 Å². The van der Waals surface area contributed by atoms with Crippen LogP contribution in [0.4, 0.5) is 5.69 Å². The summed E-state index contributed by atoms with van der Waals surface area (Å²) in [7, 11) is 0. The Morgan fingerprint density at radius 2 is 1.57 bits per heavy atom. The molecule has 0 aromatic heterocycles. The smallest absolute Gasteiger partial charge is 0.163 e. The molecule has 0 heterocycles. The van der Waals surface area contributed by atoms with Crippen molar-refractivity contribution in [3.05, 3.63) is 54.1 Å². The number of ether oxygens (including phenoxy) is 2. The lowest BCUT2D eigenvalue weighted by Crippen LogP contribution is -2.05. The molecule has 0 aliphatic carbocycles. The molecule has 2 rings (SSSR count). The van der Waals surface area contributed by atoms with Crippen LogP contribution in [0.2, 0.25) is 0 Å². The maximum absolute atomic E-state index is 5.63. The van der Waals surface area contributed by atoms with E-state index in [4.69, 9.17) is 9.47 Å². The second-order valence-corrected chi connectivity index (χ2v) is 4.69. The van der Waals surface area contributed by atoms with Gasteiger partial charge in [-0.15, -0.1) is 0 Å². The monoisotopic (exact) mass is 285 g/mol. The van der Waals surface area contributed by atoms with Crippen molar-refractivity contribution in [3.8, 4) is 11.5 Å². The predicted molar refractivity (Wildman–Crippen MR) is 87.4 cm³/mol. The van der Waals surface area contributed by atoms with E-state index in [2.05, 4.69) is 29.6 Å². The normalized spacial score (nSPS) is 10.2. The molecule has 0 aliphatic rings. The third-order valence-corrected chi connectivity index (χ3v) is 3.13. The van der Waals surface area contributed by atoms with Gasteiger partial charge in [0.2, 0.25) is 0 Å². The van der Waals surface area contributed by atoms with Gasteiger partial charge in [0, 0.05) is 18.3 Å². The first-order chi connectivity index (χ1) is 10.3. The summed E-state index contributed by atoms with van der Waals surface area (Å²) in [4.78, 5) is 0. The van der Waals surface area contributed by atoms with Gasteiger partial charge in [-0.05, 0) is 38.0 Å². The molecule has 2 aromatic carbocycles. The first kappa shape index (κ1) is 15.2. The zero-order chi connectivity index (χ0) is 14.9. The van der Waals surface area contributed by atoms with Crippen molar-refractivity contribution in [3.63, 3.8) is 0 Å². The van der Waals surface area contributed by atoms with Gasteiger partial charge < -0.3 is 14.8 Å². The van der Waals surface area contributed by atoms with Crippen LogP contribution >= 0.6 is 0 Å². The number of hydrogen-bond donors (Lipinski definition) is 1. The molecule has 0 radical (unpaired) electrons. The minimum Gasteiger partial charge on any atom is -0.490 e.